The largest absolute Gasteiger partial charge is 0.494 e. The second-order valence-electron chi connectivity index (χ2n) is 3.98. The van der Waals surface area contributed by atoms with Crippen LogP contribution in [0.2, 0.25) is 0 Å². The van der Waals surface area contributed by atoms with Gasteiger partial charge in [0.1, 0.15) is 5.75 Å². The molecule has 3 N–H and O–H groups in total. The van der Waals surface area contributed by atoms with Crippen molar-refractivity contribution in [3.63, 3.8) is 0 Å². The quantitative estimate of drug-likeness (QED) is 0.764. The summed E-state index contributed by atoms with van der Waals surface area (Å²) < 4.78 is 6.38. The molecule has 0 aliphatic carbocycles. The molecule has 0 aliphatic rings. The molecule has 7 nitrogen and oxygen atoms in total. The second-order valence-corrected chi connectivity index (χ2v) is 6.02. The standard InChI is InChI=1S/C12H11N5O2S2/c1-2-19-6-3-4-7-8(5-6)20-12(14-7)15-9(18)10-16-17-11(13)21-10/h3-5H,2H2,1H3,(H2,13,17)(H,14,15,18). The molecule has 0 fully saturated rings. The van der Waals surface area contributed by atoms with Gasteiger partial charge in [0, 0.05) is 0 Å². The number of nitrogens with one attached hydrogen (secondary N) is 1. The average molecular weight is 321 g/mol. The van der Waals surface area contributed by atoms with E-state index in [4.69, 9.17) is 10.5 Å². The SMILES string of the molecule is CCOc1ccc2nc(NC(=O)c3nnc(N)s3)sc2c1. The van der Waals surface area contributed by atoms with Gasteiger partial charge >= 0.3 is 0 Å². The highest BCUT2D eigenvalue weighted by Gasteiger charge is 2.14. The van der Waals surface area contributed by atoms with Gasteiger partial charge < -0.3 is 10.5 Å². The lowest BCUT2D eigenvalue weighted by atomic mass is 10.3. The molecule has 2 heterocycles. The van der Waals surface area contributed by atoms with E-state index in [2.05, 4.69) is 20.5 Å². The molecule has 21 heavy (non-hydrogen) atoms. The molecular weight excluding hydrogens is 310 g/mol. The number of benzene rings is 1. The van der Waals surface area contributed by atoms with E-state index in [1.165, 1.54) is 11.3 Å². The molecule has 9 heteroatoms. The lowest BCUT2D eigenvalue weighted by Crippen LogP contribution is -2.11. The van der Waals surface area contributed by atoms with Crippen LogP contribution in [0.5, 0.6) is 5.75 Å². The fourth-order valence-corrected chi connectivity index (χ4v) is 3.09. The summed E-state index contributed by atoms with van der Waals surface area (Å²) in [6.07, 6.45) is 0. The molecule has 3 rings (SSSR count). The zero-order valence-corrected chi connectivity index (χ0v) is 12.6. The van der Waals surface area contributed by atoms with E-state index in [-0.39, 0.29) is 16.0 Å². The number of aromatic nitrogens is 3. The van der Waals surface area contributed by atoms with Crippen molar-refractivity contribution < 1.29 is 9.53 Å². The number of hydrogen-bond donors (Lipinski definition) is 2. The fourth-order valence-electron chi connectivity index (χ4n) is 1.69. The Morgan fingerprint density at radius 3 is 2.95 bits per heavy atom. The number of fused-ring (bicyclic) bond motifs is 1. The number of amides is 1. The first kappa shape index (κ1) is 13.7. The average Bonchev–Trinajstić information content (AvgIpc) is 3.04. The Kier molecular flexibility index (Phi) is 3.67. The van der Waals surface area contributed by atoms with Crippen molar-refractivity contribution >= 4 is 49.1 Å². The lowest BCUT2D eigenvalue weighted by molar-refractivity contribution is 0.102. The Bertz CT molecular complexity index is 798. The predicted octanol–water partition coefficient (Wildman–Crippen LogP) is 2.38. The van der Waals surface area contributed by atoms with Gasteiger partial charge in [-0.2, -0.15) is 0 Å². The summed E-state index contributed by atoms with van der Waals surface area (Å²) >= 11 is 2.40. The highest BCUT2D eigenvalue weighted by atomic mass is 32.1. The summed E-state index contributed by atoms with van der Waals surface area (Å²) in [7, 11) is 0. The van der Waals surface area contributed by atoms with Gasteiger partial charge in [0.2, 0.25) is 10.1 Å². The first-order chi connectivity index (χ1) is 10.2. The van der Waals surface area contributed by atoms with Crippen LogP contribution in [0.15, 0.2) is 18.2 Å². The number of carbonyl (C=O) groups excluding carboxylic acids is 1. The zero-order chi connectivity index (χ0) is 14.8. The van der Waals surface area contributed by atoms with E-state index in [1.54, 1.807) is 0 Å². The molecule has 1 amide bonds. The van der Waals surface area contributed by atoms with Crippen LogP contribution in [0.4, 0.5) is 10.3 Å². The van der Waals surface area contributed by atoms with Gasteiger partial charge in [-0.25, -0.2) is 4.98 Å². The van der Waals surface area contributed by atoms with Crippen LogP contribution in [-0.4, -0.2) is 27.7 Å². The van der Waals surface area contributed by atoms with Crippen molar-refractivity contribution in [3.8, 4) is 5.75 Å². The van der Waals surface area contributed by atoms with Crippen LogP contribution >= 0.6 is 22.7 Å². The molecule has 0 aliphatic heterocycles. The molecular formula is C12H11N5O2S2. The number of ether oxygens (including phenoxy) is 1. The van der Waals surface area contributed by atoms with E-state index < -0.39 is 0 Å². The lowest BCUT2D eigenvalue weighted by Gasteiger charge is -2.00. The number of rotatable bonds is 4. The summed E-state index contributed by atoms with van der Waals surface area (Å²) in [6, 6.07) is 5.60. The van der Waals surface area contributed by atoms with Crippen molar-refractivity contribution in [2.75, 3.05) is 17.7 Å². The Labute approximate surface area is 127 Å². The molecule has 0 atom stereocenters. The van der Waals surface area contributed by atoms with Gasteiger partial charge in [-0.1, -0.05) is 22.7 Å². The second kappa shape index (κ2) is 5.62. The van der Waals surface area contributed by atoms with E-state index in [1.807, 2.05) is 25.1 Å². The van der Waals surface area contributed by atoms with Crippen molar-refractivity contribution in [1.82, 2.24) is 15.2 Å². The predicted molar refractivity (Wildman–Crippen MR) is 83.1 cm³/mol. The van der Waals surface area contributed by atoms with Gasteiger partial charge in [0.05, 0.1) is 16.8 Å². The smallest absolute Gasteiger partial charge is 0.288 e. The molecule has 0 unspecified atom stereocenters. The topological polar surface area (TPSA) is 103 Å². The fraction of sp³-hybridized carbons (Fsp3) is 0.167. The van der Waals surface area contributed by atoms with Crippen LogP contribution in [0.1, 0.15) is 16.7 Å². The Morgan fingerprint density at radius 1 is 1.38 bits per heavy atom. The summed E-state index contributed by atoms with van der Waals surface area (Å²) in [5.41, 5.74) is 6.26. The van der Waals surface area contributed by atoms with Crippen LogP contribution in [-0.2, 0) is 0 Å². The van der Waals surface area contributed by atoms with E-state index >= 15 is 0 Å². The van der Waals surface area contributed by atoms with Gasteiger partial charge in [-0.3, -0.25) is 10.1 Å². The molecule has 0 saturated heterocycles. The number of thiazole rings is 1. The molecule has 0 saturated carbocycles. The Balaban J connectivity index is 1.82. The third-order valence-electron chi connectivity index (χ3n) is 2.53. The maximum atomic E-state index is 12.0. The van der Waals surface area contributed by atoms with E-state index in [0.29, 0.717) is 11.7 Å². The van der Waals surface area contributed by atoms with Crippen LogP contribution in [0.3, 0.4) is 0 Å². The summed E-state index contributed by atoms with van der Waals surface area (Å²) in [6.45, 7) is 2.53. The van der Waals surface area contributed by atoms with Crippen LogP contribution < -0.4 is 15.8 Å². The number of nitrogens with zero attached hydrogens (tertiary/aromatic N) is 3. The van der Waals surface area contributed by atoms with Crippen molar-refractivity contribution in [2.45, 2.75) is 6.92 Å². The summed E-state index contributed by atoms with van der Waals surface area (Å²) in [4.78, 5) is 16.3. The summed E-state index contributed by atoms with van der Waals surface area (Å²) in [5, 5.41) is 11.0. The minimum Gasteiger partial charge on any atom is -0.494 e. The monoisotopic (exact) mass is 321 g/mol. The molecule has 3 aromatic rings. The van der Waals surface area contributed by atoms with Gasteiger partial charge in [0.15, 0.2) is 5.13 Å². The molecule has 1 aromatic carbocycles. The van der Waals surface area contributed by atoms with Crippen molar-refractivity contribution in [1.29, 1.82) is 0 Å². The molecule has 0 spiro atoms. The van der Waals surface area contributed by atoms with E-state index in [0.717, 1.165) is 27.3 Å². The molecule has 2 aromatic heterocycles. The highest BCUT2D eigenvalue weighted by molar-refractivity contribution is 7.22. The molecule has 108 valence electrons. The molecule has 0 bridgehead atoms. The Hall–Kier alpha value is -2.26. The minimum atomic E-state index is -0.367. The maximum Gasteiger partial charge on any atom is 0.288 e. The Morgan fingerprint density at radius 2 is 2.24 bits per heavy atom. The van der Waals surface area contributed by atoms with Gasteiger partial charge in [0.25, 0.3) is 5.91 Å². The zero-order valence-electron chi connectivity index (χ0n) is 11.0. The molecule has 0 radical (unpaired) electrons. The van der Waals surface area contributed by atoms with Crippen LogP contribution in [0.25, 0.3) is 10.2 Å². The van der Waals surface area contributed by atoms with Crippen molar-refractivity contribution in [2.24, 2.45) is 0 Å². The third kappa shape index (κ3) is 2.93. The van der Waals surface area contributed by atoms with Gasteiger partial charge in [-0.05, 0) is 25.1 Å². The minimum absolute atomic E-state index is 0.210. The van der Waals surface area contributed by atoms with Crippen molar-refractivity contribution in [3.05, 3.63) is 23.2 Å². The third-order valence-corrected chi connectivity index (χ3v) is 4.21. The number of nitrogens with two attached hydrogens (primary N) is 1. The first-order valence-electron chi connectivity index (χ1n) is 6.09. The normalized spacial score (nSPS) is 10.7. The summed E-state index contributed by atoms with van der Waals surface area (Å²) in [5.74, 6) is 0.414. The highest BCUT2D eigenvalue weighted by Crippen LogP contribution is 2.29. The van der Waals surface area contributed by atoms with Gasteiger partial charge in [-0.15, -0.1) is 10.2 Å². The number of carbonyl (C=O) groups is 1. The maximum absolute atomic E-state index is 12.0. The number of nitrogen functional groups attached to an aromatic ring is 1. The van der Waals surface area contributed by atoms with E-state index in [9.17, 15) is 4.79 Å². The number of hydrogen-bond acceptors (Lipinski definition) is 8. The number of anilines is 2. The van der Waals surface area contributed by atoms with Crippen LogP contribution in [0, 0.1) is 0 Å². The first-order valence-corrected chi connectivity index (χ1v) is 7.72.